The maximum Gasteiger partial charge on any atom is 0.573 e. The van der Waals surface area contributed by atoms with Gasteiger partial charge in [0.25, 0.3) is 5.91 Å². The fraction of sp³-hybridized carbons (Fsp3) is 0.208. The maximum atomic E-state index is 12.5. The summed E-state index contributed by atoms with van der Waals surface area (Å²) in [4.78, 5) is 12.5. The average Bonchev–Trinajstić information content (AvgIpc) is 3.21. The van der Waals surface area contributed by atoms with E-state index in [4.69, 9.17) is 4.74 Å². The SMILES string of the molecule is O=C(Nc1ccc(OC(F)(F)F)cc1)c1cccc(COc2ccc3c(c2)CCC3)c1. The molecule has 0 spiro atoms. The molecule has 1 amide bonds. The van der Waals surface area contributed by atoms with E-state index >= 15 is 0 Å². The van der Waals surface area contributed by atoms with Crippen molar-refractivity contribution in [3.8, 4) is 11.5 Å². The van der Waals surface area contributed by atoms with Crippen LogP contribution in [0.4, 0.5) is 18.9 Å². The number of fused-ring (bicyclic) bond motifs is 1. The van der Waals surface area contributed by atoms with Gasteiger partial charge in [-0.2, -0.15) is 0 Å². The zero-order chi connectivity index (χ0) is 21.8. The largest absolute Gasteiger partial charge is 0.573 e. The van der Waals surface area contributed by atoms with Gasteiger partial charge in [0.15, 0.2) is 0 Å². The highest BCUT2D eigenvalue weighted by Gasteiger charge is 2.31. The Hall–Kier alpha value is -3.48. The second-order valence-corrected chi connectivity index (χ2v) is 7.30. The van der Waals surface area contributed by atoms with Crippen molar-refractivity contribution in [2.75, 3.05) is 5.32 Å². The molecular weight excluding hydrogens is 407 g/mol. The minimum absolute atomic E-state index is 0.323. The number of carbonyl (C=O) groups is 1. The lowest BCUT2D eigenvalue weighted by Crippen LogP contribution is -2.17. The molecule has 0 fully saturated rings. The van der Waals surface area contributed by atoms with Crippen LogP contribution >= 0.6 is 0 Å². The van der Waals surface area contributed by atoms with Crippen LogP contribution in [-0.4, -0.2) is 12.3 Å². The summed E-state index contributed by atoms with van der Waals surface area (Å²) >= 11 is 0. The molecule has 0 saturated heterocycles. The summed E-state index contributed by atoms with van der Waals surface area (Å²) in [6.07, 6.45) is -1.39. The van der Waals surface area contributed by atoms with E-state index < -0.39 is 6.36 Å². The van der Waals surface area contributed by atoms with E-state index in [1.165, 1.54) is 29.7 Å². The lowest BCUT2D eigenvalue weighted by molar-refractivity contribution is -0.274. The molecule has 4 rings (SSSR count). The smallest absolute Gasteiger partial charge is 0.489 e. The lowest BCUT2D eigenvalue weighted by Gasteiger charge is -2.11. The predicted molar refractivity (Wildman–Crippen MR) is 110 cm³/mol. The van der Waals surface area contributed by atoms with Crippen molar-refractivity contribution in [1.29, 1.82) is 0 Å². The number of alkyl halides is 3. The summed E-state index contributed by atoms with van der Waals surface area (Å²) in [6.45, 7) is 0.323. The number of carbonyl (C=O) groups excluding carboxylic acids is 1. The Labute approximate surface area is 177 Å². The fourth-order valence-corrected chi connectivity index (χ4v) is 3.55. The average molecular weight is 427 g/mol. The Morgan fingerprint density at radius 1 is 0.903 bits per heavy atom. The van der Waals surface area contributed by atoms with Gasteiger partial charge < -0.3 is 14.8 Å². The molecule has 0 bridgehead atoms. The molecule has 1 aliphatic carbocycles. The summed E-state index contributed by atoms with van der Waals surface area (Å²) in [5, 5.41) is 2.66. The molecular formula is C24H20F3NO3. The second-order valence-electron chi connectivity index (χ2n) is 7.30. The Morgan fingerprint density at radius 2 is 1.65 bits per heavy atom. The van der Waals surface area contributed by atoms with Gasteiger partial charge in [-0.05, 0) is 84.5 Å². The minimum atomic E-state index is -4.76. The van der Waals surface area contributed by atoms with E-state index in [0.29, 0.717) is 17.9 Å². The normalized spacial score (nSPS) is 12.9. The number of halogens is 3. The van der Waals surface area contributed by atoms with Crippen molar-refractivity contribution in [2.45, 2.75) is 32.2 Å². The molecule has 0 unspecified atom stereocenters. The van der Waals surface area contributed by atoms with Gasteiger partial charge in [0.05, 0.1) is 0 Å². The van der Waals surface area contributed by atoms with E-state index in [1.54, 1.807) is 18.2 Å². The first-order valence-corrected chi connectivity index (χ1v) is 9.86. The number of nitrogens with one attached hydrogen (secondary N) is 1. The summed E-state index contributed by atoms with van der Waals surface area (Å²) in [5.74, 6) is 0.0803. The standard InChI is InChI=1S/C24H20F3NO3/c25-24(26,27)31-21-11-8-20(9-12-21)28-23(29)19-6-1-3-16(13-19)15-30-22-10-7-17-4-2-5-18(17)14-22/h1,3,6-14H,2,4-5,15H2,(H,28,29). The van der Waals surface area contributed by atoms with Gasteiger partial charge in [-0.3, -0.25) is 4.79 Å². The van der Waals surface area contributed by atoms with E-state index in [1.807, 2.05) is 12.1 Å². The van der Waals surface area contributed by atoms with Gasteiger partial charge in [-0.25, -0.2) is 0 Å². The van der Waals surface area contributed by atoms with Crippen molar-refractivity contribution in [3.05, 3.63) is 89.0 Å². The topological polar surface area (TPSA) is 47.6 Å². The molecule has 160 valence electrons. The molecule has 0 heterocycles. The Morgan fingerprint density at radius 3 is 2.42 bits per heavy atom. The number of rotatable bonds is 6. The third kappa shape index (κ3) is 5.57. The van der Waals surface area contributed by atoms with Crippen LogP contribution in [0.3, 0.4) is 0 Å². The van der Waals surface area contributed by atoms with Gasteiger partial charge >= 0.3 is 6.36 Å². The summed E-state index contributed by atoms with van der Waals surface area (Å²) < 4.78 is 46.4. The van der Waals surface area contributed by atoms with E-state index in [9.17, 15) is 18.0 Å². The van der Waals surface area contributed by atoms with Crippen molar-refractivity contribution in [3.63, 3.8) is 0 Å². The number of ether oxygens (including phenoxy) is 2. The molecule has 0 aliphatic heterocycles. The third-order valence-corrected chi connectivity index (χ3v) is 5.01. The number of anilines is 1. The van der Waals surface area contributed by atoms with Gasteiger partial charge in [-0.1, -0.05) is 18.2 Å². The molecule has 3 aromatic rings. The molecule has 0 saturated carbocycles. The monoisotopic (exact) mass is 427 g/mol. The number of benzene rings is 3. The highest BCUT2D eigenvalue weighted by Crippen LogP contribution is 2.27. The van der Waals surface area contributed by atoms with Gasteiger partial charge in [0.2, 0.25) is 0 Å². The highest BCUT2D eigenvalue weighted by molar-refractivity contribution is 6.04. The van der Waals surface area contributed by atoms with E-state index in [0.717, 1.165) is 36.3 Å². The third-order valence-electron chi connectivity index (χ3n) is 5.01. The van der Waals surface area contributed by atoms with Crippen LogP contribution in [0, 0.1) is 0 Å². The van der Waals surface area contributed by atoms with Crippen LogP contribution in [0.5, 0.6) is 11.5 Å². The molecule has 4 nitrogen and oxygen atoms in total. The predicted octanol–water partition coefficient (Wildman–Crippen LogP) is 5.91. The molecule has 0 radical (unpaired) electrons. The number of amides is 1. The zero-order valence-corrected chi connectivity index (χ0v) is 16.5. The molecule has 1 N–H and O–H groups in total. The Balaban J connectivity index is 1.36. The highest BCUT2D eigenvalue weighted by atomic mass is 19.4. The van der Waals surface area contributed by atoms with Crippen LogP contribution in [-0.2, 0) is 19.4 Å². The summed E-state index contributed by atoms with van der Waals surface area (Å²) in [6, 6.07) is 18.1. The van der Waals surface area contributed by atoms with E-state index in [2.05, 4.69) is 22.2 Å². The van der Waals surface area contributed by atoms with Crippen molar-refractivity contribution in [1.82, 2.24) is 0 Å². The minimum Gasteiger partial charge on any atom is -0.489 e. The van der Waals surface area contributed by atoms with Crippen molar-refractivity contribution < 1.29 is 27.4 Å². The van der Waals surface area contributed by atoms with Gasteiger partial charge in [0.1, 0.15) is 18.1 Å². The lowest BCUT2D eigenvalue weighted by atomic mass is 10.1. The molecule has 7 heteroatoms. The van der Waals surface area contributed by atoms with Crippen LogP contribution in [0.25, 0.3) is 0 Å². The summed E-state index contributed by atoms with van der Waals surface area (Å²) in [7, 11) is 0. The van der Waals surface area contributed by atoms with Crippen LogP contribution < -0.4 is 14.8 Å². The van der Waals surface area contributed by atoms with Gasteiger partial charge in [-0.15, -0.1) is 13.2 Å². The number of hydrogen-bond acceptors (Lipinski definition) is 3. The van der Waals surface area contributed by atoms with E-state index in [-0.39, 0.29) is 11.7 Å². The van der Waals surface area contributed by atoms with Gasteiger partial charge in [0, 0.05) is 11.3 Å². The number of aryl methyl sites for hydroxylation is 2. The Bertz CT molecular complexity index is 1080. The first-order chi connectivity index (χ1) is 14.9. The van der Waals surface area contributed by atoms with Crippen LogP contribution in [0.15, 0.2) is 66.7 Å². The summed E-state index contributed by atoms with van der Waals surface area (Å²) in [5.41, 5.74) is 4.33. The zero-order valence-electron chi connectivity index (χ0n) is 16.5. The fourth-order valence-electron chi connectivity index (χ4n) is 3.55. The van der Waals surface area contributed by atoms with Crippen LogP contribution in [0.2, 0.25) is 0 Å². The second kappa shape index (κ2) is 8.71. The quantitative estimate of drug-likeness (QED) is 0.532. The first-order valence-electron chi connectivity index (χ1n) is 9.86. The van der Waals surface area contributed by atoms with Crippen molar-refractivity contribution >= 4 is 11.6 Å². The van der Waals surface area contributed by atoms with Crippen molar-refractivity contribution in [2.24, 2.45) is 0 Å². The molecule has 3 aromatic carbocycles. The maximum absolute atomic E-state index is 12.5. The molecule has 0 atom stereocenters. The number of hydrogen-bond donors (Lipinski definition) is 1. The molecule has 0 aromatic heterocycles. The van der Waals surface area contributed by atoms with Crippen LogP contribution in [0.1, 0.15) is 33.5 Å². The molecule has 31 heavy (non-hydrogen) atoms. The molecule has 1 aliphatic rings. The first kappa shape index (κ1) is 20.8. The Kier molecular flexibility index (Phi) is 5.84.